The van der Waals surface area contributed by atoms with Crippen molar-refractivity contribution in [2.45, 2.75) is 32.9 Å². The SMILES string of the molecule is CC(C)c1ccc(NC(=S)N(Cc2ccccc2)Cc2ccccc2)cc1. The fourth-order valence-electron chi connectivity index (χ4n) is 2.96. The quantitative estimate of drug-likeness (QED) is 0.516. The van der Waals surface area contributed by atoms with Crippen LogP contribution in [0, 0.1) is 0 Å². The molecule has 2 nitrogen and oxygen atoms in total. The van der Waals surface area contributed by atoms with Crippen molar-refractivity contribution in [2.24, 2.45) is 0 Å². The van der Waals surface area contributed by atoms with Gasteiger partial charge in [-0.1, -0.05) is 86.6 Å². The predicted molar refractivity (Wildman–Crippen MR) is 119 cm³/mol. The monoisotopic (exact) mass is 374 g/mol. The second-order valence-corrected chi connectivity index (χ2v) is 7.42. The number of hydrogen-bond acceptors (Lipinski definition) is 1. The first-order valence-electron chi connectivity index (χ1n) is 9.35. The maximum atomic E-state index is 5.75. The van der Waals surface area contributed by atoms with Crippen LogP contribution in [0.25, 0.3) is 0 Å². The van der Waals surface area contributed by atoms with Crippen LogP contribution in [-0.2, 0) is 13.1 Å². The maximum Gasteiger partial charge on any atom is 0.174 e. The topological polar surface area (TPSA) is 15.3 Å². The van der Waals surface area contributed by atoms with Gasteiger partial charge in [-0.15, -0.1) is 0 Å². The summed E-state index contributed by atoms with van der Waals surface area (Å²) < 4.78 is 0. The lowest BCUT2D eigenvalue weighted by Crippen LogP contribution is -2.33. The standard InChI is InChI=1S/C24H26N2S/c1-19(2)22-13-15-23(16-14-22)25-24(27)26(17-20-9-5-3-6-10-20)18-21-11-7-4-8-12-21/h3-16,19H,17-18H2,1-2H3,(H,25,27). The van der Waals surface area contributed by atoms with Gasteiger partial charge in [-0.2, -0.15) is 0 Å². The molecule has 0 aliphatic rings. The Balaban J connectivity index is 1.75. The molecule has 0 aliphatic heterocycles. The molecule has 0 atom stereocenters. The van der Waals surface area contributed by atoms with Gasteiger partial charge >= 0.3 is 0 Å². The molecule has 0 unspecified atom stereocenters. The summed E-state index contributed by atoms with van der Waals surface area (Å²) in [6.45, 7) is 5.94. The molecule has 0 aliphatic carbocycles. The lowest BCUT2D eigenvalue weighted by atomic mass is 10.0. The van der Waals surface area contributed by atoms with E-state index in [1.54, 1.807) is 0 Å². The molecule has 0 fully saturated rings. The van der Waals surface area contributed by atoms with Crippen LogP contribution < -0.4 is 5.32 Å². The molecule has 0 amide bonds. The number of nitrogens with one attached hydrogen (secondary N) is 1. The van der Waals surface area contributed by atoms with Gasteiger partial charge in [0.1, 0.15) is 0 Å². The summed E-state index contributed by atoms with van der Waals surface area (Å²) in [6, 6.07) is 29.4. The van der Waals surface area contributed by atoms with Gasteiger partial charge in [-0.05, 0) is 47.0 Å². The van der Waals surface area contributed by atoms with Crippen LogP contribution in [0.3, 0.4) is 0 Å². The fourth-order valence-corrected chi connectivity index (χ4v) is 3.21. The summed E-state index contributed by atoms with van der Waals surface area (Å²) in [4.78, 5) is 2.20. The van der Waals surface area contributed by atoms with Gasteiger partial charge in [0, 0.05) is 18.8 Å². The van der Waals surface area contributed by atoms with E-state index in [1.807, 2.05) is 12.1 Å². The molecule has 1 N–H and O–H groups in total. The number of rotatable bonds is 6. The van der Waals surface area contributed by atoms with E-state index in [9.17, 15) is 0 Å². The van der Waals surface area contributed by atoms with Crippen molar-refractivity contribution in [3.63, 3.8) is 0 Å². The minimum atomic E-state index is 0.527. The molecule has 0 bridgehead atoms. The number of thiocarbonyl (C=S) groups is 1. The highest BCUT2D eigenvalue weighted by Crippen LogP contribution is 2.18. The molecular weight excluding hydrogens is 348 g/mol. The van der Waals surface area contributed by atoms with E-state index in [1.165, 1.54) is 16.7 Å². The second-order valence-electron chi connectivity index (χ2n) is 7.03. The molecule has 0 radical (unpaired) electrons. The Morgan fingerprint density at radius 2 is 1.26 bits per heavy atom. The number of benzene rings is 3. The van der Waals surface area contributed by atoms with Crippen LogP contribution in [0.1, 0.15) is 36.5 Å². The van der Waals surface area contributed by atoms with Crippen LogP contribution in [0.4, 0.5) is 5.69 Å². The molecule has 0 saturated carbocycles. The van der Waals surface area contributed by atoms with E-state index in [0.717, 1.165) is 23.9 Å². The van der Waals surface area contributed by atoms with Crippen LogP contribution >= 0.6 is 12.2 Å². The smallest absolute Gasteiger partial charge is 0.174 e. The van der Waals surface area contributed by atoms with Crippen LogP contribution in [0.2, 0.25) is 0 Å². The molecule has 27 heavy (non-hydrogen) atoms. The molecule has 0 aromatic heterocycles. The van der Waals surface area contributed by atoms with Crippen molar-refractivity contribution < 1.29 is 0 Å². The van der Waals surface area contributed by atoms with Gasteiger partial charge in [-0.25, -0.2) is 0 Å². The summed E-state index contributed by atoms with van der Waals surface area (Å²) >= 11 is 5.75. The minimum Gasteiger partial charge on any atom is -0.340 e. The predicted octanol–water partition coefficient (Wildman–Crippen LogP) is 6.21. The van der Waals surface area contributed by atoms with Gasteiger partial charge in [0.15, 0.2) is 5.11 Å². The normalized spacial score (nSPS) is 10.6. The first kappa shape index (κ1) is 19.1. The molecular formula is C24H26N2S. The van der Waals surface area contributed by atoms with E-state index in [-0.39, 0.29) is 0 Å². The summed E-state index contributed by atoms with van der Waals surface area (Å²) in [6.07, 6.45) is 0. The molecule has 3 rings (SSSR count). The Labute approximate surface area is 167 Å². The fraction of sp³-hybridized carbons (Fsp3) is 0.208. The summed E-state index contributed by atoms with van der Waals surface area (Å²) in [7, 11) is 0. The lowest BCUT2D eigenvalue weighted by Gasteiger charge is -2.26. The Hall–Kier alpha value is -2.65. The van der Waals surface area contributed by atoms with E-state index in [0.29, 0.717) is 5.92 Å². The van der Waals surface area contributed by atoms with Crippen molar-refractivity contribution in [3.8, 4) is 0 Å². The zero-order valence-electron chi connectivity index (χ0n) is 15.9. The van der Waals surface area contributed by atoms with E-state index in [4.69, 9.17) is 12.2 Å². The zero-order valence-corrected chi connectivity index (χ0v) is 16.7. The largest absolute Gasteiger partial charge is 0.340 e. The third-order valence-electron chi connectivity index (χ3n) is 4.55. The Kier molecular flexibility index (Phi) is 6.61. The highest BCUT2D eigenvalue weighted by molar-refractivity contribution is 7.80. The zero-order chi connectivity index (χ0) is 19.1. The van der Waals surface area contributed by atoms with Crippen molar-refractivity contribution in [2.75, 3.05) is 5.32 Å². The van der Waals surface area contributed by atoms with Gasteiger partial charge in [0.25, 0.3) is 0 Å². The number of hydrogen-bond donors (Lipinski definition) is 1. The van der Waals surface area contributed by atoms with Crippen LogP contribution in [0.5, 0.6) is 0 Å². The van der Waals surface area contributed by atoms with E-state index >= 15 is 0 Å². The minimum absolute atomic E-state index is 0.527. The highest BCUT2D eigenvalue weighted by atomic mass is 32.1. The van der Waals surface area contributed by atoms with Gasteiger partial charge < -0.3 is 10.2 Å². The first-order chi connectivity index (χ1) is 13.1. The molecule has 0 saturated heterocycles. The molecule has 0 spiro atoms. The van der Waals surface area contributed by atoms with Gasteiger partial charge in [0.05, 0.1) is 0 Å². The van der Waals surface area contributed by atoms with E-state index < -0.39 is 0 Å². The van der Waals surface area contributed by atoms with Crippen molar-refractivity contribution in [3.05, 3.63) is 102 Å². The van der Waals surface area contributed by atoms with Crippen molar-refractivity contribution in [1.82, 2.24) is 4.90 Å². The van der Waals surface area contributed by atoms with Crippen LogP contribution in [0.15, 0.2) is 84.9 Å². The molecule has 0 heterocycles. The van der Waals surface area contributed by atoms with E-state index in [2.05, 4.69) is 96.9 Å². The molecule has 3 heteroatoms. The summed E-state index contributed by atoms with van der Waals surface area (Å²) in [5, 5.41) is 4.14. The maximum absolute atomic E-state index is 5.75. The average molecular weight is 375 g/mol. The third kappa shape index (κ3) is 5.66. The first-order valence-corrected chi connectivity index (χ1v) is 9.76. The van der Waals surface area contributed by atoms with Crippen LogP contribution in [-0.4, -0.2) is 10.0 Å². The average Bonchev–Trinajstić information content (AvgIpc) is 2.69. The second kappa shape index (κ2) is 9.33. The Morgan fingerprint density at radius 1 is 0.778 bits per heavy atom. The summed E-state index contributed by atoms with van der Waals surface area (Å²) in [5.41, 5.74) is 4.84. The van der Waals surface area contributed by atoms with Gasteiger partial charge in [0.2, 0.25) is 0 Å². The number of nitrogens with zero attached hydrogens (tertiary/aromatic N) is 1. The number of anilines is 1. The summed E-state index contributed by atoms with van der Waals surface area (Å²) in [5.74, 6) is 0.527. The van der Waals surface area contributed by atoms with Gasteiger partial charge in [-0.3, -0.25) is 0 Å². The highest BCUT2D eigenvalue weighted by Gasteiger charge is 2.12. The van der Waals surface area contributed by atoms with Crippen molar-refractivity contribution >= 4 is 23.0 Å². The molecule has 138 valence electrons. The third-order valence-corrected chi connectivity index (χ3v) is 4.91. The Bertz CT molecular complexity index is 801. The lowest BCUT2D eigenvalue weighted by molar-refractivity contribution is 0.413. The molecule has 3 aromatic carbocycles. The Morgan fingerprint density at radius 3 is 1.70 bits per heavy atom. The van der Waals surface area contributed by atoms with Crippen molar-refractivity contribution in [1.29, 1.82) is 0 Å². The molecule has 3 aromatic rings.